The molecule has 0 bridgehead atoms. The molecule has 3 N–H and O–H groups in total. The van der Waals surface area contributed by atoms with Crippen LogP contribution in [0.25, 0.3) is 0 Å². The average Bonchev–Trinajstić information content (AvgIpc) is 2.15. The van der Waals surface area contributed by atoms with Gasteiger partial charge in [-0.05, 0) is 24.6 Å². The van der Waals surface area contributed by atoms with Gasteiger partial charge in [0.05, 0.1) is 6.10 Å². The molecular weight excluding hydrogens is 182 g/mol. The van der Waals surface area contributed by atoms with E-state index < -0.39 is 12.0 Å². The third kappa shape index (κ3) is 3.06. The van der Waals surface area contributed by atoms with Crippen molar-refractivity contribution in [3.05, 3.63) is 29.8 Å². The number of aliphatic hydroxyl groups excluding tert-OH is 1. The van der Waals surface area contributed by atoms with Crippen LogP contribution in [0.15, 0.2) is 24.3 Å². The minimum Gasteiger partial charge on any atom is -0.484 e. The van der Waals surface area contributed by atoms with Crippen LogP contribution in [0.3, 0.4) is 0 Å². The molecule has 1 atom stereocenters. The lowest BCUT2D eigenvalue weighted by atomic mass is 10.1. The summed E-state index contributed by atoms with van der Waals surface area (Å²) in [5, 5.41) is 9.22. The third-order valence-corrected chi connectivity index (χ3v) is 1.74. The highest BCUT2D eigenvalue weighted by molar-refractivity contribution is 5.75. The summed E-state index contributed by atoms with van der Waals surface area (Å²) in [4.78, 5) is 10.4. The normalized spacial score (nSPS) is 12.1. The average molecular weight is 195 g/mol. The third-order valence-electron chi connectivity index (χ3n) is 1.74. The van der Waals surface area contributed by atoms with E-state index in [1.165, 1.54) is 0 Å². The van der Waals surface area contributed by atoms with Crippen molar-refractivity contribution in [3.8, 4) is 5.75 Å². The quantitative estimate of drug-likeness (QED) is 0.739. The lowest BCUT2D eigenvalue weighted by molar-refractivity contribution is -0.119. The molecule has 4 nitrogen and oxygen atoms in total. The number of nitrogens with two attached hydrogens (primary N) is 1. The van der Waals surface area contributed by atoms with Crippen LogP contribution in [0, 0.1) is 0 Å². The molecule has 0 aliphatic carbocycles. The molecule has 1 unspecified atom stereocenters. The van der Waals surface area contributed by atoms with Gasteiger partial charge in [0.15, 0.2) is 6.61 Å². The molecule has 4 heteroatoms. The molecular formula is C10H13NO3. The zero-order valence-electron chi connectivity index (χ0n) is 7.93. The van der Waals surface area contributed by atoms with Crippen molar-refractivity contribution in [1.82, 2.24) is 0 Å². The summed E-state index contributed by atoms with van der Waals surface area (Å²) < 4.78 is 5.05. The molecule has 0 saturated carbocycles. The van der Waals surface area contributed by atoms with E-state index >= 15 is 0 Å². The van der Waals surface area contributed by atoms with Crippen LogP contribution in [0.4, 0.5) is 0 Å². The zero-order chi connectivity index (χ0) is 10.6. The summed E-state index contributed by atoms with van der Waals surface area (Å²) in [6.45, 7) is 1.55. The van der Waals surface area contributed by atoms with Crippen molar-refractivity contribution < 1.29 is 14.6 Å². The number of aliphatic hydroxyl groups is 1. The number of primary amides is 1. The first-order valence-electron chi connectivity index (χ1n) is 4.28. The van der Waals surface area contributed by atoms with Gasteiger partial charge in [-0.15, -0.1) is 0 Å². The Hall–Kier alpha value is -1.55. The lowest BCUT2D eigenvalue weighted by Gasteiger charge is -2.06. The number of hydrogen-bond acceptors (Lipinski definition) is 3. The van der Waals surface area contributed by atoms with E-state index in [0.29, 0.717) is 5.75 Å². The van der Waals surface area contributed by atoms with E-state index in [1.807, 2.05) is 0 Å². The van der Waals surface area contributed by atoms with Gasteiger partial charge in [0.1, 0.15) is 5.75 Å². The van der Waals surface area contributed by atoms with Crippen LogP contribution in [-0.2, 0) is 4.79 Å². The summed E-state index contributed by atoms with van der Waals surface area (Å²) in [7, 11) is 0. The highest BCUT2D eigenvalue weighted by atomic mass is 16.5. The Bertz CT molecular complexity index is 306. The van der Waals surface area contributed by atoms with E-state index in [2.05, 4.69) is 0 Å². The SMILES string of the molecule is CC(O)c1ccc(OCC(N)=O)cc1. The minimum atomic E-state index is -0.510. The van der Waals surface area contributed by atoms with Crippen molar-refractivity contribution >= 4 is 5.91 Å². The Morgan fingerprint density at radius 1 is 1.50 bits per heavy atom. The molecule has 1 amide bonds. The largest absolute Gasteiger partial charge is 0.484 e. The summed E-state index contributed by atoms with van der Waals surface area (Å²) in [5.41, 5.74) is 5.72. The van der Waals surface area contributed by atoms with Gasteiger partial charge in [0.2, 0.25) is 0 Å². The summed E-state index contributed by atoms with van der Waals surface area (Å²) in [6, 6.07) is 6.85. The van der Waals surface area contributed by atoms with Crippen LogP contribution >= 0.6 is 0 Å². The molecule has 1 aromatic carbocycles. The number of ether oxygens (including phenoxy) is 1. The van der Waals surface area contributed by atoms with Crippen molar-refractivity contribution in [2.75, 3.05) is 6.61 Å². The number of carbonyl (C=O) groups excluding carboxylic acids is 1. The predicted octanol–water partition coefficient (Wildman–Crippen LogP) is 0.604. The van der Waals surface area contributed by atoms with Gasteiger partial charge in [-0.25, -0.2) is 0 Å². The van der Waals surface area contributed by atoms with Crippen molar-refractivity contribution in [1.29, 1.82) is 0 Å². The van der Waals surface area contributed by atoms with Crippen LogP contribution in [0.1, 0.15) is 18.6 Å². The molecule has 14 heavy (non-hydrogen) atoms. The van der Waals surface area contributed by atoms with Crippen LogP contribution in [0.5, 0.6) is 5.75 Å². The predicted molar refractivity (Wildman–Crippen MR) is 51.8 cm³/mol. The Morgan fingerprint density at radius 3 is 2.50 bits per heavy atom. The van der Waals surface area contributed by atoms with Gasteiger partial charge in [-0.1, -0.05) is 12.1 Å². The second-order valence-corrected chi connectivity index (χ2v) is 3.00. The first kappa shape index (κ1) is 10.5. The first-order chi connectivity index (χ1) is 6.59. The molecule has 0 aromatic heterocycles. The number of carbonyl (C=O) groups is 1. The molecule has 0 aliphatic rings. The zero-order valence-corrected chi connectivity index (χ0v) is 7.93. The minimum absolute atomic E-state index is 0.131. The van der Waals surface area contributed by atoms with E-state index in [9.17, 15) is 9.90 Å². The number of hydrogen-bond donors (Lipinski definition) is 2. The summed E-state index contributed by atoms with van der Waals surface area (Å²) in [6.07, 6.45) is -0.500. The van der Waals surface area contributed by atoms with Gasteiger partial charge < -0.3 is 15.6 Å². The molecule has 0 saturated heterocycles. The highest BCUT2D eigenvalue weighted by Gasteiger charge is 2.01. The molecule has 0 heterocycles. The molecule has 0 radical (unpaired) electrons. The van der Waals surface area contributed by atoms with Gasteiger partial charge >= 0.3 is 0 Å². The second kappa shape index (κ2) is 4.62. The van der Waals surface area contributed by atoms with E-state index in [4.69, 9.17) is 10.5 Å². The molecule has 1 aromatic rings. The van der Waals surface area contributed by atoms with Gasteiger partial charge in [-0.2, -0.15) is 0 Å². The fourth-order valence-electron chi connectivity index (χ4n) is 0.997. The highest BCUT2D eigenvalue weighted by Crippen LogP contribution is 2.16. The van der Waals surface area contributed by atoms with Crippen molar-refractivity contribution in [3.63, 3.8) is 0 Å². The van der Waals surface area contributed by atoms with Gasteiger partial charge in [0, 0.05) is 0 Å². The van der Waals surface area contributed by atoms with E-state index in [-0.39, 0.29) is 6.61 Å². The van der Waals surface area contributed by atoms with Gasteiger partial charge in [-0.3, -0.25) is 4.79 Å². The standard InChI is InChI=1S/C10H13NO3/c1-7(12)8-2-4-9(5-3-8)14-6-10(11)13/h2-5,7,12H,6H2,1H3,(H2,11,13). The monoisotopic (exact) mass is 195 g/mol. The summed E-state index contributed by atoms with van der Waals surface area (Å²) >= 11 is 0. The van der Waals surface area contributed by atoms with Crippen LogP contribution < -0.4 is 10.5 Å². The topological polar surface area (TPSA) is 72.6 Å². The fourth-order valence-corrected chi connectivity index (χ4v) is 0.997. The Balaban J connectivity index is 2.59. The first-order valence-corrected chi connectivity index (χ1v) is 4.28. The maximum absolute atomic E-state index is 10.4. The summed E-state index contributed by atoms with van der Waals surface area (Å²) in [5.74, 6) is 0.0535. The molecule has 0 fully saturated rings. The van der Waals surface area contributed by atoms with Crippen LogP contribution in [0.2, 0.25) is 0 Å². The van der Waals surface area contributed by atoms with Crippen molar-refractivity contribution in [2.45, 2.75) is 13.0 Å². The maximum atomic E-state index is 10.4. The molecule has 0 aliphatic heterocycles. The Labute approximate surface area is 82.3 Å². The maximum Gasteiger partial charge on any atom is 0.255 e. The fraction of sp³-hybridized carbons (Fsp3) is 0.300. The van der Waals surface area contributed by atoms with Crippen molar-refractivity contribution in [2.24, 2.45) is 5.73 Å². The molecule has 0 spiro atoms. The van der Waals surface area contributed by atoms with Gasteiger partial charge in [0.25, 0.3) is 5.91 Å². The lowest BCUT2D eigenvalue weighted by Crippen LogP contribution is -2.19. The number of amides is 1. The number of benzene rings is 1. The second-order valence-electron chi connectivity index (χ2n) is 3.00. The Kier molecular flexibility index (Phi) is 3.48. The number of rotatable bonds is 4. The van der Waals surface area contributed by atoms with E-state index in [0.717, 1.165) is 5.56 Å². The smallest absolute Gasteiger partial charge is 0.255 e. The van der Waals surface area contributed by atoms with Crippen LogP contribution in [-0.4, -0.2) is 17.6 Å². The molecule has 76 valence electrons. The molecule has 1 rings (SSSR count). The van der Waals surface area contributed by atoms with E-state index in [1.54, 1.807) is 31.2 Å². The Morgan fingerprint density at radius 2 is 2.07 bits per heavy atom.